The molecular formula is C17H22N4O4S. The molecule has 2 heterocycles. The number of aromatic nitrogens is 2. The van der Waals surface area contributed by atoms with Crippen molar-refractivity contribution in [2.24, 2.45) is 0 Å². The predicted octanol–water partition coefficient (Wildman–Crippen LogP) is 2.60. The number of nitrogens with zero attached hydrogens (tertiary/aromatic N) is 4. The summed E-state index contributed by atoms with van der Waals surface area (Å²) < 4.78 is 25.8. The summed E-state index contributed by atoms with van der Waals surface area (Å²) in [5.74, 6) is 0.430. The van der Waals surface area contributed by atoms with E-state index in [-0.39, 0.29) is 10.6 Å². The fourth-order valence-electron chi connectivity index (χ4n) is 3.38. The lowest BCUT2D eigenvalue weighted by atomic mass is 9.91. The maximum atomic E-state index is 11.9. The van der Waals surface area contributed by atoms with Crippen molar-refractivity contribution in [3.8, 4) is 0 Å². The van der Waals surface area contributed by atoms with Crippen LogP contribution in [-0.2, 0) is 16.4 Å². The van der Waals surface area contributed by atoms with Gasteiger partial charge in [0.1, 0.15) is 4.90 Å². The second-order valence-electron chi connectivity index (χ2n) is 6.57. The Bertz CT molecular complexity index is 915. The van der Waals surface area contributed by atoms with Crippen LogP contribution in [0.4, 0.5) is 11.4 Å². The van der Waals surface area contributed by atoms with E-state index in [1.807, 2.05) is 17.8 Å². The van der Waals surface area contributed by atoms with Gasteiger partial charge in [0.05, 0.1) is 11.1 Å². The van der Waals surface area contributed by atoms with Crippen LogP contribution in [0.1, 0.15) is 31.2 Å². The summed E-state index contributed by atoms with van der Waals surface area (Å²) in [5.41, 5.74) is 1.56. The van der Waals surface area contributed by atoms with E-state index in [0.717, 1.165) is 38.7 Å². The van der Waals surface area contributed by atoms with Gasteiger partial charge in [-0.05, 0) is 43.4 Å². The first-order valence-corrected chi connectivity index (χ1v) is 10.4. The van der Waals surface area contributed by atoms with Crippen molar-refractivity contribution in [1.82, 2.24) is 9.78 Å². The molecule has 0 aliphatic carbocycles. The number of aryl methyl sites for hydroxylation is 1. The standard InChI is InChI=1S/C17H22N4O4S/c1-3-20-12-14(11-18-20)13-6-8-19(9-7-13)15-4-5-16(21(22)23)17(10-15)26(2,24)25/h4-5,10-13H,3,6-9H2,1-2H3. The molecule has 2 aromatic rings. The average Bonchev–Trinajstić information content (AvgIpc) is 3.10. The zero-order chi connectivity index (χ0) is 18.9. The van der Waals surface area contributed by atoms with Crippen LogP contribution in [0, 0.1) is 10.1 Å². The Labute approximate surface area is 152 Å². The van der Waals surface area contributed by atoms with E-state index in [2.05, 4.69) is 16.2 Å². The molecule has 1 aromatic heterocycles. The van der Waals surface area contributed by atoms with E-state index in [4.69, 9.17) is 0 Å². The molecule has 1 aliphatic heterocycles. The van der Waals surface area contributed by atoms with Gasteiger partial charge < -0.3 is 4.90 Å². The number of nitro groups is 1. The molecule has 0 bridgehead atoms. The van der Waals surface area contributed by atoms with Crippen LogP contribution in [0.25, 0.3) is 0 Å². The molecule has 1 saturated heterocycles. The molecule has 0 atom stereocenters. The molecule has 1 aliphatic rings. The van der Waals surface area contributed by atoms with Gasteiger partial charge in [-0.25, -0.2) is 8.42 Å². The van der Waals surface area contributed by atoms with Crippen molar-refractivity contribution >= 4 is 21.2 Å². The zero-order valence-electron chi connectivity index (χ0n) is 14.8. The van der Waals surface area contributed by atoms with Gasteiger partial charge in [0.15, 0.2) is 9.84 Å². The van der Waals surface area contributed by atoms with Crippen molar-refractivity contribution in [3.05, 3.63) is 46.3 Å². The minimum Gasteiger partial charge on any atom is -0.371 e. The van der Waals surface area contributed by atoms with Crippen molar-refractivity contribution in [3.63, 3.8) is 0 Å². The Morgan fingerprint density at radius 1 is 1.31 bits per heavy atom. The van der Waals surface area contributed by atoms with Gasteiger partial charge in [-0.2, -0.15) is 5.10 Å². The number of rotatable bonds is 5. The van der Waals surface area contributed by atoms with Crippen molar-refractivity contribution < 1.29 is 13.3 Å². The molecule has 3 rings (SSSR count). The Hall–Kier alpha value is -2.42. The lowest BCUT2D eigenvalue weighted by Gasteiger charge is -2.33. The molecule has 0 saturated carbocycles. The van der Waals surface area contributed by atoms with Gasteiger partial charge in [0.25, 0.3) is 5.69 Å². The largest absolute Gasteiger partial charge is 0.371 e. The monoisotopic (exact) mass is 378 g/mol. The fraction of sp³-hybridized carbons (Fsp3) is 0.471. The van der Waals surface area contributed by atoms with Crippen molar-refractivity contribution in [1.29, 1.82) is 0 Å². The molecule has 0 unspecified atom stereocenters. The van der Waals surface area contributed by atoms with Crippen LogP contribution in [0.15, 0.2) is 35.5 Å². The van der Waals surface area contributed by atoms with E-state index in [9.17, 15) is 18.5 Å². The quantitative estimate of drug-likeness (QED) is 0.586. The predicted molar refractivity (Wildman–Crippen MR) is 98.3 cm³/mol. The van der Waals surface area contributed by atoms with E-state index in [0.29, 0.717) is 11.6 Å². The van der Waals surface area contributed by atoms with E-state index < -0.39 is 14.8 Å². The Morgan fingerprint density at radius 3 is 2.54 bits per heavy atom. The van der Waals surface area contributed by atoms with Gasteiger partial charge in [-0.15, -0.1) is 0 Å². The minimum absolute atomic E-state index is 0.230. The number of benzene rings is 1. The Morgan fingerprint density at radius 2 is 2.00 bits per heavy atom. The van der Waals surface area contributed by atoms with Crippen LogP contribution < -0.4 is 4.90 Å². The average molecular weight is 378 g/mol. The smallest absolute Gasteiger partial charge is 0.288 e. The number of nitro benzene ring substituents is 1. The maximum Gasteiger partial charge on any atom is 0.288 e. The third kappa shape index (κ3) is 3.72. The third-order valence-electron chi connectivity index (χ3n) is 4.85. The highest BCUT2D eigenvalue weighted by molar-refractivity contribution is 7.90. The van der Waals surface area contributed by atoms with Gasteiger partial charge in [0, 0.05) is 43.8 Å². The van der Waals surface area contributed by atoms with Crippen LogP contribution in [-0.4, -0.2) is 42.5 Å². The molecule has 26 heavy (non-hydrogen) atoms. The Balaban J connectivity index is 1.78. The SMILES string of the molecule is CCn1cc(C2CCN(c3ccc([N+](=O)[O-])c(S(C)(=O)=O)c3)CC2)cn1. The van der Waals surface area contributed by atoms with Crippen LogP contribution in [0.2, 0.25) is 0 Å². The summed E-state index contributed by atoms with van der Waals surface area (Å²) in [6.45, 7) is 4.43. The molecule has 1 aromatic carbocycles. The zero-order valence-corrected chi connectivity index (χ0v) is 15.6. The number of sulfone groups is 1. The summed E-state index contributed by atoms with van der Waals surface area (Å²) in [4.78, 5) is 12.3. The van der Waals surface area contributed by atoms with Gasteiger partial charge in [-0.1, -0.05) is 0 Å². The molecule has 0 N–H and O–H groups in total. The van der Waals surface area contributed by atoms with Crippen molar-refractivity contribution in [2.75, 3.05) is 24.2 Å². The third-order valence-corrected chi connectivity index (χ3v) is 5.97. The van der Waals surface area contributed by atoms with E-state index in [1.54, 1.807) is 6.07 Å². The maximum absolute atomic E-state index is 11.9. The first-order valence-electron chi connectivity index (χ1n) is 8.55. The van der Waals surface area contributed by atoms with Gasteiger partial charge in [-0.3, -0.25) is 14.8 Å². The Kier molecular flexibility index (Phi) is 4.99. The summed E-state index contributed by atoms with van der Waals surface area (Å²) in [7, 11) is -3.67. The van der Waals surface area contributed by atoms with E-state index in [1.165, 1.54) is 17.7 Å². The van der Waals surface area contributed by atoms with Crippen LogP contribution in [0.3, 0.4) is 0 Å². The van der Waals surface area contributed by atoms with Gasteiger partial charge in [0.2, 0.25) is 0 Å². The number of hydrogen-bond donors (Lipinski definition) is 0. The molecule has 0 amide bonds. The molecule has 140 valence electrons. The highest BCUT2D eigenvalue weighted by Crippen LogP contribution is 2.33. The topological polar surface area (TPSA) is 98.3 Å². The number of piperidine rings is 1. The number of hydrogen-bond acceptors (Lipinski definition) is 6. The highest BCUT2D eigenvalue weighted by atomic mass is 32.2. The second-order valence-corrected chi connectivity index (χ2v) is 8.56. The first-order chi connectivity index (χ1) is 12.3. The molecular weight excluding hydrogens is 356 g/mol. The van der Waals surface area contributed by atoms with Crippen molar-refractivity contribution in [2.45, 2.75) is 37.1 Å². The minimum atomic E-state index is -3.67. The summed E-state index contributed by atoms with van der Waals surface area (Å²) in [6.07, 6.45) is 6.85. The first kappa shape index (κ1) is 18.4. The molecule has 0 spiro atoms. The normalized spacial score (nSPS) is 16.0. The van der Waals surface area contributed by atoms with Crippen LogP contribution in [0.5, 0.6) is 0 Å². The number of anilines is 1. The lowest BCUT2D eigenvalue weighted by Crippen LogP contribution is -2.32. The summed E-state index contributed by atoms with van der Waals surface area (Å²) in [5, 5.41) is 15.4. The molecule has 1 fully saturated rings. The van der Waals surface area contributed by atoms with Gasteiger partial charge >= 0.3 is 0 Å². The molecule has 0 radical (unpaired) electrons. The molecule has 8 nitrogen and oxygen atoms in total. The summed E-state index contributed by atoms with van der Waals surface area (Å²) in [6, 6.07) is 4.33. The molecule has 9 heteroatoms. The highest BCUT2D eigenvalue weighted by Gasteiger charge is 2.26. The lowest BCUT2D eigenvalue weighted by molar-refractivity contribution is -0.387. The second kappa shape index (κ2) is 7.06. The fourth-order valence-corrected chi connectivity index (χ4v) is 4.24. The van der Waals surface area contributed by atoms with Crippen LogP contribution >= 0.6 is 0 Å². The van der Waals surface area contributed by atoms with E-state index >= 15 is 0 Å². The summed E-state index contributed by atoms with van der Waals surface area (Å²) >= 11 is 0.